The summed E-state index contributed by atoms with van der Waals surface area (Å²) in [5.74, 6) is 0. The van der Waals surface area contributed by atoms with E-state index in [9.17, 15) is 4.57 Å². The Hall–Kier alpha value is -1.54. The SMILES string of the molecule is C=C(c1ccc(Cl)cc1)P(=O)(Nc1ccccc1)OCC. The van der Waals surface area contributed by atoms with Gasteiger partial charge in [-0.2, -0.15) is 0 Å². The topological polar surface area (TPSA) is 38.3 Å². The predicted molar refractivity (Wildman–Crippen MR) is 89.8 cm³/mol. The van der Waals surface area contributed by atoms with E-state index in [0.717, 1.165) is 11.3 Å². The predicted octanol–water partition coefficient (Wildman–Crippen LogP) is 5.65. The van der Waals surface area contributed by atoms with Crippen LogP contribution in [0.15, 0.2) is 61.2 Å². The van der Waals surface area contributed by atoms with Gasteiger partial charge >= 0.3 is 7.52 Å². The molecule has 3 nitrogen and oxygen atoms in total. The minimum absolute atomic E-state index is 0.323. The van der Waals surface area contributed by atoms with E-state index in [1.807, 2.05) is 30.3 Å². The molecule has 2 aromatic carbocycles. The van der Waals surface area contributed by atoms with Crippen molar-refractivity contribution in [3.63, 3.8) is 0 Å². The Bertz CT molecular complexity index is 656. The number of hydrogen-bond donors (Lipinski definition) is 1. The lowest BCUT2D eigenvalue weighted by atomic mass is 10.2. The van der Waals surface area contributed by atoms with Gasteiger partial charge in [-0.1, -0.05) is 48.5 Å². The van der Waals surface area contributed by atoms with E-state index in [1.165, 1.54) is 0 Å². The van der Waals surface area contributed by atoms with E-state index in [1.54, 1.807) is 31.2 Å². The average molecular weight is 322 g/mol. The summed E-state index contributed by atoms with van der Waals surface area (Å²) in [5.41, 5.74) is 1.46. The Morgan fingerprint density at radius 3 is 2.38 bits per heavy atom. The standard InChI is InChI=1S/C16H17ClNO2P/c1-3-20-21(19,18-16-7-5-4-6-8-16)13(2)14-9-11-15(17)12-10-14/h4-12H,2-3H2,1H3,(H,18,19). The summed E-state index contributed by atoms with van der Waals surface area (Å²) in [6.45, 7) is 6.07. The van der Waals surface area contributed by atoms with Gasteiger partial charge in [-0.05, 0) is 36.8 Å². The van der Waals surface area contributed by atoms with E-state index in [4.69, 9.17) is 16.1 Å². The smallest absolute Gasteiger partial charge is 0.312 e. The Labute approximate surface area is 130 Å². The highest BCUT2D eigenvalue weighted by Gasteiger charge is 2.28. The molecular weight excluding hydrogens is 305 g/mol. The maximum absolute atomic E-state index is 13.1. The van der Waals surface area contributed by atoms with Crippen molar-refractivity contribution in [1.29, 1.82) is 0 Å². The van der Waals surface area contributed by atoms with E-state index in [0.29, 0.717) is 16.9 Å². The Morgan fingerprint density at radius 2 is 1.81 bits per heavy atom. The van der Waals surface area contributed by atoms with Crippen LogP contribution in [0.5, 0.6) is 0 Å². The molecule has 0 aliphatic rings. The largest absolute Gasteiger partial charge is 0.323 e. The maximum Gasteiger partial charge on any atom is 0.323 e. The molecule has 2 rings (SSSR count). The summed E-state index contributed by atoms with van der Waals surface area (Å²) >= 11 is 5.88. The monoisotopic (exact) mass is 321 g/mol. The van der Waals surface area contributed by atoms with Crippen molar-refractivity contribution in [3.05, 3.63) is 71.8 Å². The third kappa shape index (κ3) is 3.98. The third-order valence-corrected chi connectivity index (χ3v) is 5.29. The van der Waals surface area contributed by atoms with E-state index in [2.05, 4.69) is 11.7 Å². The lowest BCUT2D eigenvalue weighted by molar-refractivity contribution is 0.345. The van der Waals surface area contributed by atoms with Gasteiger partial charge in [-0.3, -0.25) is 4.57 Å². The highest BCUT2D eigenvalue weighted by atomic mass is 35.5. The van der Waals surface area contributed by atoms with Gasteiger partial charge in [-0.15, -0.1) is 0 Å². The number of anilines is 1. The molecule has 0 amide bonds. The van der Waals surface area contributed by atoms with Gasteiger partial charge in [-0.25, -0.2) is 0 Å². The maximum atomic E-state index is 13.1. The number of para-hydroxylation sites is 1. The molecule has 0 aromatic heterocycles. The Morgan fingerprint density at radius 1 is 1.19 bits per heavy atom. The molecular formula is C16H17ClNO2P. The zero-order valence-corrected chi connectivity index (χ0v) is 13.4. The minimum Gasteiger partial charge on any atom is -0.312 e. The Balaban J connectivity index is 2.30. The average Bonchev–Trinajstić information content (AvgIpc) is 2.48. The van der Waals surface area contributed by atoms with Gasteiger partial charge in [0.15, 0.2) is 0 Å². The second kappa shape index (κ2) is 6.95. The fraction of sp³-hybridized carbons (Fsp3) is 0.125. The van der Waals surface area contributed by atoms with Gasteiger partial charge in [0.05, 0.1) is 11.9 Å². The molecule has 0 saturated heterocycles. The number of benzene rings is 2. The molecule has 0 saturated carbocycles. The zero-order chi connectivity index (χ0) is 15.3. The molecule has 0 fully saturated rings. The van der Waals surface area contributed by atoms with Gasteiger partial charge in [0, 0.05) is 10.7 Å². The molecule has 21 heavy (non-hydrogen) atoms. The molecule has 0 spiro atoms. The van der Waals surface area contributed by atoms with Crippen LogP contribution in [-0.4, -0.2) is 6.61 Å². The van der Waals surface area contributed by atoms with Gasteiger partial charge in [0.2, 0.25) is 0 Å². The van der Waals surface area contributed by atoms with Crippen LogP contribution >= 0.6 is 19.1 Å². The molecule has 0 bridgehead atoms. The summed E-state index contributed by atoms with van der Waals surface area (Å²) in [4.78, 5) is 0. The highest BCUT2D eigenvalue weighted by Crippen LogP contribution is 2.58. The lowest BCUT2D eigenvalue weighted by Gasteiger charge is -2.22. The minimum atomic E-state index is -3.26. The first kappa shape index (κ1) is 15.8. The second-order valence-electron chi connectivity index (χ2n) is 4.40. The van der Waals surface area contributed by atoms with Crippen molar-refractivity contribution in [2.24, 2.45) is 0 Å². The highest BCUT2D eigenvalue weighted by molar-refractivity contribution is 7.71. The molecule has 1 N–H and O–H groups in total. The van der Waals surface area contributed by atoms with Crippen LogP contribution in [-0.2, 0) is 9.09 Å². The summed E-state index contributed by atoms with van der Waals surface area (Å²) < 4.78 is 18.6. The van der Waals surface area contributed by atoms with Gasteiger partial charge in [0.25, 0.3) is 0 Å². The number of rotatable bonds is 6. The summed E-state index contributed by atoms with van der Waals surface area (Å²) in [7, 11) is -3.26. The van der Waals surface area contributed by atoms with Gasteiger partial charge in [0.1, 0.15) is 0 Å². The summed E-state index contributed by atoms with van der Waals surface area (Å²) in [6, 6.07) is 16.3. The van der Waals surface area contributed by atoms with E-state index >= 15 is 0 Å². The van der Waals surface area contributed by atoms with Crippen LogP contribution in [0.3, 0.4) is 0 Å². The molecule has 0 radical (unpaired) electrons. The lowest BCUT2D eigenvalue weighted by Crippen LogP contribution is -2.03. The number of halogens is 1. The second-order valence-corrected chi connectivity index (χ2v) is 6.96. The van der Waals surface area contributed by atoms with Crippen molar-refractivity contribution in [2.45, 2.75) is 6.92 Å². The van der Waals surface area contributed by atoms with Crippen LogP contribution in [0.2, 0.25) is 5.02 Å². The fourth-order valence-corrected chi connectivity index (χ4v) is 3.68. The van der Waals surface area contributed by atoms with Crippen LogP contribution in [0.25, 0.3) is 5.31 Å². The van der Waals surface area contributed by atoms with Crippen molar-refractivity contribution >= 4 is 30.1 Å². The third-order valence-electron chi connectivity index (χ3n) is 2.89. The summed E-state index contributed by atoms with van der Waals surface area (Å²) in [5, 5.41) is 4.01. The van der Waals surface area contributed by atoms with Crippen molar-refractivity contribution in [1.82, 2.24) is 0 Å². The van der Waals surface area contributed by atoms with Crippen LogP contribution in [0, 0.1) is 0 Å². The van der Waals surface area contributed by atoms with Crippen LogP contribution in [0.4, 0.5) is 5.69 Å². The number of hydrogen-bond acceptors (Lipinski definition) is 2. The van der Waals surface area contributed by atoms with E-state index < -0.39 is 7.52 Å². The van der Waals surface area contributed by atoms with E-state index in [-0.39, 0.29) is 0 Å². The van der Waals surface area contributed by atoms with Crippen molar-refractivity contribution in [2.75, 3.05) is 11.7 Å². The van der Waals surface area contributed by atoms with Crippen LogP contribution in [0.1, 0.15) is 12.5 Å². The molecule has 0 heterocycles. The number of nitrogens with one attached hydrogen (secondary N) is 1. The van der Waals surface area contributed by atoms with Crippen LogP contribution < -0.4 is 5.09 Å². The quantitative estimate of drug-likeness (QED) is 0.698. The fourth-order valence-electron chi connectivity index (χ4n) is 1.85. The molecule has 0 aliphatic carbocycles. The van der Waals surface area contributed by atoms with Crippen molar-refractivity contribution < 1.29 is 9.09 Å². The molecule has 0 aliphatic heterocycles. The Kier molecular flexibility index (Phi) is 5.24. The zero-order valence-electron chi connectivity index (χ0n) is 11.8. The molecule has 2 aromatic rings. The molecule has 1 unspecified atom stereocenters. The summed E-state index contributed by atoms with van der Waals surface area (Å²) in [6.07, 6.45) is 0. The first-order valence-corrected chi connectivity index (χ1v) is 8.59. The molecule has 1 atom stereocenters. The van der Waals surface area contributed by atoms with Gasteiger partial charge < -0.3 is 9.61 Å². The first-order chi connectivity index (χ1) is 10.0. The molecule has 5 heteroatoms. The molecule has 110 valence electrons. The first-order valence-electron chi connectivity index (χ1n) is 6.58. The van der Waals surface area contributed by atoms with Crippen molar-refractivity contribution in [3.8, 4) is 0 Å². The normalized spacial score (nSPS) is 13.4.